The van der Waals surface area contributed by atoms with Crippen LogP contribution in [0, 0.1) is 0 Å². The third-order valence-corrected chi connectivity index (χ3v) is 5.91. The number of benzene rings is 2. The van der Waals surface area contributed by atoms with Crippen LogP contribution in [0.3, 0.4) is 0 Å². The smallest absolute Gasteiger partial charge is 0.316 e. The molecule has 0 saturated carbocycles. The average Bonchev–Trinajstić information content (AvgIpc) is 2.76. The predicted octanol–water partition coefficient (Wildman–Crippen LogP) is 3.29. The van der Waals surface area contributed by atoms with E-state index in [4.69, 9.17) is 14.2 Å². The fourth-order valence-electron chi connectivity index (χ4n) is 3.58. The Kier molecular flexibility index (Phi) is 6.24. The van der Waals surface area contributed by atoms with Crippen molar-refractivity contribution < 1.29 is 23.8 Å². The molecule has 2 aromatic rings. The summed E-state index contributed by atoms with van der Waals surface area (Å²) in [5, 5.41) is 2.98. The minimum Gasteiger partial charge on any atom is -0.486 e. The minimum absolute atomic E-state index is 0.0155. The van der Waals surface area contributed by atoms with Gasteiger partial charge in [0.05, 0.1) is 11.8 Å². The van der Waals surface area contributed by atoms with Crippen LogP contribution < -0.4 is 14.8 Å². The topological polar surface area (TPSA) is 73.9 Å². The highest BCUT2D eigenvalue weighted by atomic mass is 32.2. The van der Waals surface area contributed by atoms with E-state index in [0.717, 1.165) is 29.7 Å². The first-order chi connectivity index (χ1) is 14.2. The molecule has 0 fully saturated rings. The van der Waals surface area contributed by atoms with Crippen molar-refractivity contribution in [3.63, 3.8) is 0 Å². The van der Waals surface area contributed by atoms with E-state index in [0.29, 0.717) is 24.7 Å². The predicted molar refractivity (Wildman–Crippen MR) is 109 cm³/mol. The number of amides is 1. The summed E-state index contributed by atoms with van der Waals surface area (Å²) >= 11 is 1.34. The normalized spacial score (nSPS) is 17.2. The number of hydrogen-bond acceptors (Lipinski definition) is 6. The molecule has 0 saturated heterocycles. The van der Waals surface area contributed by atoms with E-state index in [-0.39, 0.29) is 24.3 Å². The summed E-state index contributed by atoms with van der Waals surface area (Å²) in [7, 11) is 0. The van der Waals surface area contributed by atoms with Crippen molar-refractivity contribution in [3.8, 4) is 11.5 Å². The molecule has 0 aromatic heterocycles. The van der Waals surface area contributed by atoms with Crippen LogP contribution in [-0.4, -0.2) is 37.4 Å². The summed E-state index contributed by atoms with van der Waals surface area (Å²) in [6.45, 7) is 0.795. The summed E-state index contributed by atoms with van der Waals surface area (Å²) in [6.07, 6.45) is 2.97. The summed E-state index contributed by atoms with van der Waals surface area (Å²) in [6, 6.07) is 13.7. The summed E-state index contributed by atoms with van der Waals surface area (Å²) in [4.78, 5) is 25.1. The Labute approximate surface area is 173 Å². The third-order valence-electron chi connectivity index (χ3n) is 4.94. The Morgan fingerprint density at radius 2 is 1.93 bits per heavy atom. The van der Waals surface area contributed by atoms with Crippen molar-refractivity contribution in [1.82, 2.24) is 5.32 Å². The summed E-state index contributed by atoms with van der Waals surface area (Å²) < 4.78 is 16.2. The van der Waals surface area contributed by atoms with Crippen LogP contribution in [0.4, 0.5) is 0 Å². The van der Waals surface area contributed by atoms with E-state index in [1.54, 1.807) is 0 Å². The molecule has 2 aliphatic rings. The number of thioether (sulfide) groups is 1. The van der Waals surface area contributed by atoms with Gasteiger partial charge in [0.2, 0.25) is 0 Å². The molecule has 2 aromatic carbocycles. The van der Waals surface area contributed by atoms with E-state index in [1.807, 2.05) is 30.3 Å². The zero-order valence-electron chi connectivity index (χ0n) is 16.0. The molecule has 1 amide bonds. The molecule has 29 heavy (non-hydrogen) atoms. The molecule has 0 bridgehead atoms. The van der Waals surface area contributed by atoms with Crippen molar-refractivity contribution >= 4 is 23.6 Å². The van der Waals surface area contributed by atoms with E-state index >= 15 is 0 Å². The lowest BCUT2D eigenvalue weighted by atomic mass is 9.88. The van der Waals surface area contributed by atoms with Gasteiger partial charge in [0.15, 0.2) is 18.1 Å². The number of nitrogens with one attached hydrogen (secondary N) is 1. The monoisotopic (exact) mass is 413 g/mol. The fraction of sp³-hybridized carbons (Fsp3) is 0.364. The highest BCUT2D eigenvalue weighted by Crippen LogP contribution is 2.34. The number of rotatable bonds is 6. The number of fused-ring (bicyclic) bond motifs is 2. The van der Waals surface area contributed by atoms with E-state index in [9.17, 15) is 9.59 Å². The second kappa shape index (κ2) is 9.22. The highest BCUT2D eigenvalue weighted by molar-refractivity contribution is 8.00. The number of carbonyl (C=O) groups is 2. The Morgan fingerprint density at radius 3 is 2.83 bits per heavy atom. The number of hydrogen-bond donors (Lipinski definition) is 1. The van der Waals surface area contributed by atoms with Crippen LogP contribution in [0.1, 0.15) is 30.0 Å². The van der Waals surface area contributed by atoms with Crippen molar-refractivity contribution in [1.29, 1.82) is 0 Å². The molecule has 1 aliphatic carbocycles. The molecule has 1 heterocycles. The van der Waals surface area contributed by atoms with Gasteiger partial charge in [0.25, 0.3) is 5.91 Å². The zero-order chi connectivity index (χ0) is 20.1. The maximum atomic E-state index is 12.2. The van der Waals surface area contributed by atoms with Crippen LogP contribution in [0.15, 0.2) is 47.4 Å². The van der Waals surface area contributed by atoms with Crippen LogP contribution in [0.2, 0.25) is 0 Å². The molecule has 4 rings (SSSR count). The standard InChI is InChI=1S/C22H23NO5S/c24-21(23-18-7-3-5-15-4-1-2-6-17(15)18)13-28-22(25)14-29-16-8-9-19-20(12-16)27-11-10-26-19/h1-2,4,6,8-9,12,18H,3,5,7,10-11,13-14H2,(H,23,24)/t18-/m0/s1. The van der Waals surface area contributed by atoms with Gasteiger partial charge in [-0.25, -0.2) is 0 Å². The van der Waals surface area contributed by atoms with Crippen molar-refractivity contribution in [2.75, 3.05) is 25.6 Å². The van der Waals surface area contributed by atoms with Gasteiger partial charge >= 0.3 is 5.97 Å². The molecule has 6 nitrogen and oxygen atoms in total. The molecule has 1 aliphatic heterocycles. The lowest BCUT2D eigenvalue weighted by molar-refractivity contribution is -0.146. The maximum absolute atomic E-state index is 12.2. The largest absolute Gasteiger partial charge is 0.486 e. The lowest BCUT2D eigenvalue weighted by Crippen LogP contribution is -2.34. The molecule has 0 unspecified atom stereocenters. The maximum Gasteiger partial charge on any atom is 0.316 e. The van der Waals surface area contributed by atoms with Gasteiger partial charge in [0, 0.05) is 4.90 Å². The van der Waals surface area contributed by atoms with Crippen LogP contribution >= 0.6 is 11.8 Å². The molecular formula is C22H23NO5S. The summed E-state index contributed by atoms with van der Waals surface area (Å²) in [5.74, 6) is 0.818. The highest BCUT2D eigenvalue weighted by Gasteiger charge is 2.22. The average molecular weight is 413 g/mol. The van der Waals surface area contributed by atoms with E-state index in [2.05, 4.69) is 17.4 Å². The van der Waals surface area contributed by atoms with Crippen LogP contribution in [0.25, 0.3) is 0 Å². The number of carbonyl (C=O) groups excluding carboxylic acids is 2. The quantitative estimate of drug-likeness (QED) is 0.579. The van der Waals surface area contributed by atoms with Gasteiger partial charge in [-0.1, -0.05) is 24.3 Å². The minimum atomic E-state index is -0.427. The summed E-state index contributed by atoms with van der Waals surface area (Å²) in [5.41, 5.74) is 2.43. The van der Waals surface area contributed by atoms with Crippen molar-refractivity contribution in [2.24, 2.45) is 0 Å². The van der Waals surface area contributed by atoms with E-state index < -0.39 is 5.97 Å². The van der Waals surface area contributed by atoms with E-state index in [1.165, 1.54) is 17.3 Å². The number of aryl methyl sites for hydroxylation is 1. The molecule has 1 N–H and O–H groups in total. The molecular weight excluding hydrogens is 390 g/mol. The molecule has 0 radical (unpaired) electrons. The van der Waals surface area contributed by atoms with Gasteiger partial charge in [-0.3, -0.25) is 9.59 Å². The molecule has 152 valence electrons. The van der Waals surface area contributed by atoms with Gasteiger partial charge in [0.1, 0.15) is 13.2 Å². The first kappa shape index (κ1) is 19.6. The molecule has 1 atom stereocenters. The fourth-order valence-corrected chi connectivity index (χ4v) is 4.31. The number of esters is 1. The van der Waals surface area contributed by atoms with Crippen molar-refractivity contribution in [2.45, 2.75) is 30.2 Å². The molecule has 7 heteroatoms. The van der Waals surface area contributed by atoms with Gasteiger partial charge in [-0.15, -0.1) is 11.8 Å². The lowest BCUT2D eigenvalue weighted by Gasteiger charge is -2.26. The Balaban J connectivity index is 1.22. The SMILES string of the molecule is O=C(COC(=O)CSc1ccc2c(c1)OCCO2)N[C@H]1CCCc2ccccc21. The first-order valence-electron chi connectivity index (χ1n) is 9.74. The third kappa shape index (κ3) is 5.03. The number of ether oxygens (including phenoxy) is 3. The van der Waals surface area contributed by atoms with Crippen LogP contribution in [0.5, 0.6) is 11.5 Å². The zero-order valence-corrected chi connectivity index (χ0v) is 16.8. The van der Waals surface area contributed by atoms with Gasteiger partial charge in [-0.05, 0) is 48.6 Å². The Hall–Kier alpha value is -2.67. The second-order valence-electron chi connectivity index (χ2n) is 6.97. The molecule has 0 spiro atoms. The second-order valence-corrected chi connectivity index (χ2v) is 8.01. The van der Waals surface area contributed by atoms with Crippen molar-refractivity contribution in [3.05, 3.63) is 53.6 Å². The Bertz CT molecular complexity index is 901. The van der Waals surface area contributed by atoms with Gasteiger partial charge < -0.3 is 19.5 Å². The first-order valence-corrected chi connectivity index (χ1v) is 10.7. The van der Waals surface area contributed by atoms with Crippen LogP contribution in [-0.2, 0) is 20.7 Å². The Morgan fingerprint density at radius 1 is 1.10 bits per heavy atom. The van der Waals surface area contributed by atoms with Gasteiger partial charge in [-0.2, -0.15) is 0 Å².